The number of pyridine rings is 1. The number of halogens is 1. The molecule has 0 atom stereocenters. The van der Waals surface area contributed by atoms with Crippen LogP contribution in [0.5, 0.6) is 23.0 Å². The molecule has 3 rings (SSSR count). The number of benzene rings is 2. The van der Waals surface area contributed by atoms with Gasteiger partial charge in [0.15, 0.2) is 11.5 Å². The van der Waals surface area contributed by atoms with Crippen LogP contribution in [-0.2, 0) is 6.61 Å². The number of hydrogen-bond donors (Lipinski definition) is 1. The fraction of sp³-hybridized carbons (Fsp3) is 0.182. The molecule has 7 nitrogen and oxygen atoms in total. The van der Waals surface area contributed by atoms with Crippen molar-refractivity contribution in [1.29, 1.82) is 0 Å². The molecule has 0 aliphatic rings. The number of rotatable bonds is 8. The molecule has 1 aromatic heterocycles. The lowest BCUT2D eigenvalue weighted by Crippen LogP contribution is -2.12. The van der Waals surface area contributed by atoms with E-state index in [4.69, 9.17) is 18.9 Å². The van der Waals surface area contributed by atoms with Crippen LogP contribution in [0.15, 0.2) is 59.3 Å². The zero-order valence-electron chi connectivity index (χ0n) is 16.8. The molecule has 2 aromatic carbocycles. The second-order valence-electron chi connectivity index (χ2n) is 6.16. The zero-order valence-corrected chi connectivity index (χ0v) is 18.4. The maximum Gasteiger partial charge on any atom is 0.255 e. The Hall–Kier alpha value is -3.26. The number of hydrogen-bond acceptors (Lipinski definition) is 6. The summed E-state index contributed by atoms with van der Waals surface area (Å²) in [5.74, 6) is 1.75. The van der Waals surface area contributed by atoms with Crippen molar-refractivity contribution in [2.24, 2.45) is 0 Å². The summed E-state index contributed by atoms with van der Waals surface area (Å²) < 4.78 is 22.5. The number of methoxy groups -OCH3 is 3. The Morgan fingerprint density at radius 1 is 0.900 bits per heavy atom. The van der Waals surface area contributed by atoms with Crippen molar-refractivity contribution in [2.45, 2.75) is 6.61 Å². The summed E-state index contributed by atoms with van der Waals surface area (Å²) >= 11 is 3.40. The Morgan fingerprint density at radius 2 is 1.53 bits per heavy atom. The van der Waals surface area contributed by atoms with E-state index in [1.807, 2.05) is 12.1 Å². The summed E-state index contributed by atoms with van der Waals surface area (Å²) in [6.45, 7) is 0.345. The molecule has 0 radical (unpaired) electrons. The summed E-state index contributed by atoms with van der Waals surface area (Å²) in [6, 6.07) is 12.2. The summed E-state index contributed by atoms with van der Waals surface area (Å²) in [4.78, 5) is 16.8. The summed E-state index contributed by atoms with van der Waals surface area (Å²) in [5.41, 5.74) is 1.92. The van der Waals surface area contributed by atoms with Crippen molar-refractivity contribution in [1.82, 2.24) is 4.98 Å². The van der Waals surface area contributed by atoms with Gasteiger partial charge in [0.1, 0.15) is 22.6 Å². The predicted molar refractivity (Wildman–Crippen MR) is 117 cm³/mol. The number of carbonyl (C=O) groups is 1. The smallest absolute Gasteiger partial charge is 0.255 e. The van der Waals surface area contributed by atoms with Crippen molar-refractivity contribution < 1.29 is 23.7 Å². The van der Waals surface area contributed by atoms with Crippen LogP contribution in [0, 0.1) is 0 Å². The highest BCUT2D eigenvalue weighted by Gasteiger charge is 2.16. The van der Waals surface area contributed by atoms with Gasteiger partial charge < -0.3 is 24.3 Å². The van der Waals surface area contributed by atoms with Gasteiger partial charge >= 0.3 is 0 Å². The number of carbonyl (C=O) groups excluding carboxylic acids is 1. The van der Waals surface area contributed by atoms with Gasteiger partial charge in [-0.1, -0.05) is 0 Å². The third-order valence-corrected chi connectivity index (χ3v) is 5.05. The minimum absolute atomic E-state index is 0.315. The zero-order chi connectivity index (χ0) is 21.5. The molecule has 0 bridgehead atoms. The standard InChI is InChI=1S/C22H21BrN2O5/c1-27-17-5-4-16(12-18(17)30-13-14-6-8-24-9-7-14)25-22(26)15-10-19(28-2)21(23)20(11-15)29-3/h4-12H,13H2,1-3H3,(H,25,26). The Labute approximate surface area is 183 Å². The lowest BCUT2D eigenvalue weighted by atomic mass is 10.1. The average Bonchev–Trinajstić information content (AvgIpc) is 2.78. The molecule has 0 spiro atoms. The van der Waals surface area contributed by atoms with Gasteiger partial charge in [0.25, 0.3) is 5.91 Å². The molecule has 3 aromatic rings. The van der Waals surface area contributed by atoms with Gasteiger partial charge in [0.05, 0.1) is 21.3 Å². The molecule has 8 heteroatoms. The van der Waals surface area contributed by atoms with Crippen molar-refractivity contribution in [3.8, 4) is 23.0 Å². The van der Waals surface area contributed by atoms with E-state index in [0.717, 1.165) is 5.56 Å². The third-order valence-electron chi connectivity index (χ3n) is 4.27. The van der Waals surface area contributed by atoms with E-state index in [1.165, 1.54) is 14.2 Å². The van der Waals surface area contributed by atoms with E-state index in [2.05, 4.69) is 26.2 Å². The maximum atomic E-state index is 12.8. The van der Waals surface area contributed by atoms with Gasteiger partial charge in [-0.3, -0.25) is 9.78 Å². The second kappa shape index (κ2) is 9.98. The molecular weight excluding hydrogens is 452 g/mol. The van der Waals surface area contributed by atoms with E-state index in [0.29, 0.717) is 45.3 Å². The molecule has 1 amide bonds. The lowest BCUT2D eigenvalue weighted by Gasteiger charge is -2.14. The average molecular weight is 473 g/mol. The van der Waals surface area contributed by atoms with E-state index >= 15 is 0 Å². The Morgan fingerprint density at radius 3 is 2.13 bits per heavy atom. The van der Waals surface area contributed by atoms with Gasteiger partial charge in [-0.05, 0) is 57.9 Å². The van der Waals surface area contributed by atoms with Gasteiger partial charge in [0, 0.05) is 29.7 Å². The molecule has 0 unspecified atom stereocenters. The first-order valence-corrected chi connectivity index (χ1v) is 9.77. The quantitative estimate of drug-likeness (QED) is 0.511. The van der Waals surface area contributed by atoms with Gasteiger partial charge in [-0.25, -0.2) is 0 Å². The molecule has 1 heterocycles. The predicted octanol–water partition coefficient (Wildman–Crippen LogP) is 4.70. The van der Waals surface area contributed by atoms with Crippen LogP contribution in [0.3, 0.4) is 0 Å². The van der Waals surface area contributed by atoms with Crippen molar-refractivity contribution >= 4 is 27.5 Å². The lowest BCUT2D eigenvalue weighted by molar-refractivity contribution is 0.102. The maximum absolute atomic E-state index is 12.8. The summed E-state index contributed by atoms with van der Waals surface area (Å²) in [5, 5.41) is 2.86. The van der Waals surface area contributed by atoms with Gasteiger partial charge in [-0.2, -0.15) is 0 Å². The van der Waals surface area contributed by atoms with E-state index in [-0.39, 0.29) is 5.91 Å². The minimum atomic E-state index is -0.315. The van der Waals surface area contributed by atoms with Crippen LogP contribution in [0.25, 0.3) is 0 Å². The number of ether oxygens (including phenoxy) is 4. The molecule has 0 aliphatic carbocycles. The van der Waals surface area contributed by atoms with Crippen LogP contribution in [0.1, 0.15) is 15.9 Å². The first-order chi connectivity index (χ1) is 14.5. The molecule has 1 N–H and O–H groups in total. The van der Waals surface area contributed by atoms with Gasteiger partial charge in [0.2, 0.25) is 0 Å². The molecule has 30 heavy (non-hydrogen) atoms. The number of anilines is 1. The molecule has 0 fully saturated rings. The monoisotopic (exact) mass is 472 g/mol. The Balaban J connectivity index is 1.80. The van der Waals surface area contributed by atoms with E-state index in [1.54, 1.807) is 49.8 Å². The number of nitrogens with one attached hydrogen (secondary N) is 1. The van der Waals surface area contributed by atoms with Crippen molar-refractivity contribution in [3.05, 3.63) is 70.5 Å². The molecule has 0 saturated heterocycles. The highest BCUT2D eigenvalue weighted by molar-refractivity contribution is 9.10. The van der Waals surface area contributed by atoms with E-state index in [9.17, 15) is 4.79 Å². The number of aromatic nitrogens is 1. The Kier molecular flexibility index (Phi) is 7.13. The highest BCUT2D eigenvalue weighted by atomic mass is 79.9. The minimum Gasteiger partial charge on any atom is -0.495 e. The van der Waals surface area contributed by atoms with E-state index < -0.39 is 0 Å². The van der Waals surface area contributed by atoms with Gasteiger partial charge in [-0.15, -0.1) is 0 Å². The second-order valence-corrected chi connectivity index (χ2v) is 6.95. The first-order valence-electron chi connectivity index (χ1n) is 8.98. The number of nitrogens with zero attached hydrogens (tertiary/aromatic N) is 1. The molecular formula is C22H21BrN2O5. The number of amides is 1. The van der Waals surface area contributed by atoms with Crippen molar-refractivity contribution in [2.75, 3.05) is 26.6 Å². The van der Waals surface area contributed by atoms with Crippen LogP contribution in [-0.4, -0.2) is 32.2 Å². The summed E-state index contributed by atoms with van der Waals surface area (Å²) in [7, 11) is 4.61. The van der Waals surface area contributed by atoms with Crippen molar-refractivity contribution in [3.63, 3.8) is 0 Å². The van der Waals surface area contributed by atoms with Crippen LogP contribution >= 0.6 is 15.9 Å². The largest absolute Gasteiger partial charge is 0.495 e. The normalized spacial score (nSPS) is 10.3. The SMILES string of the molecule is COc1ccc(NC(=O)c2cc(OC)c(Br)c(OC)c2)cc1OCc1ccncc1. The topological polar surface area (TPSA) is 78.9 Å². The van der Waals surface area contributed by atoms with Crippen LogP contribution in [0.4, 0.5) is 5.69 Å². The molecule has 0 saturated carbocycles. The fourth-order valence-electron chi connectivity index (χ4n) is 2.71. The summed E-state index contributed by atoms with van der Waals surface area (Å²) in [6.07, 6.45) is 3.40. The highest BCUT2D eigenvalue weighted by Crippen LogP contribution is 2.36. The Bertz CT molecular complexity index is 1000. The third kappa shape index (κ3) is 5.01. The molecule has 0 aliphatic heterocycles. The molecule has 156 valence electrons. The van der Waals surface area contributed by atoms with Crippen LogP contribution in [0.2, 0.25) is 0 Å². The fourth-order valence-corrected chi connectivity index (χ4v) is 3.26. The first kappa shape index (κ1) is 21.4. The van der Waals surface area contributed by atoms with Crippen LogP contribution < -0.4 is 24.3 Å².